The van der Waals surface area contributed by atoms with Gasteiger partial charge in [0.1, 0.15) is 5.54 Å². The zero-order chi connectivity index (χ0) is 14.2. The number of ether oxygens (including phenoxy) is 1. The molecule has 1 unspecified atom stereocenters. The summed E-state index contributed by atoms with van der Waals surface area (Å²) < 4.78 is 5.08. The third-order valence-electron chi connectivity index (χ3n) is 3.25. The normalized spacial score (nSPS) is 15.1. The first kappa shape index (κ1) is 17.4. The number of hydrogen-bond acceptors (Lipinski definition) is 4. The number of hydrogen-bond donors (Lipinski definition) is 2. The van der Waals surface area contributed by atoms with Gasteiger partial charge in [-0.05, 0) is 33.7 Å². The molecule has 108 valence electrons. The van der Waals surface area contributed by atoms with E-state index < -0.39 is 11.5 Å². The van der Waals surface area contributed by atoms with Gasteiger partial charge in [0.25, 0.3) is 0 Å². The van der Waals surface area contributed by atoms with E-state index in [2.05, 4.69) is 24.1 Å². The van der Waals surface area contributed by atoms with Crippen molar-refractivity contribution in [1.82, 2.24) is 10.2 Å². The van der Waals surface area contributed by atoms with Gasteiger partial charge in [0.05, 0.1) is 6.61 Å². The first-order valence-electron chi connectivity index (χ1n) is 6.58. The van der Waals surface area contributed by atoms with Gasteiger partial charge in [-0.15, -0.1) is 0 Å². The monoisotopic (exact) mass is 260 g/mol. The van der Waals surface area contributed by atoms with Gasteiger partial charge in [-0.3, -0.25) is 9.69 Å². The van der Waals surface area contributed by atoms with E-state index in [1.54, 1.807) is 14.0 Å². The molecule has 0 fully saturated rings. The molecule has 0 radical (unpaired) electrons. The van der Waals surface area contributed by atoms with Crippen LogP contribution in [0.3, 0.4) is 0 Å². The number of nitrogens with one attached hydrogen (secondary N) is 1. The van der Waals surface area contributed by atoms with Crippen molar-refractivity contribution in [3.63, 3.8) is 0 Å². The zero-order valence-electron chi connectivity index (χ0n) is 12.3. The Morgan fingerprint density at radius 3 is 2.44 bits per heavy atom. The first-order valence-corrected chi connectivity index (χ1v) is 6.58. The number of rotatable bonds is 10. The third kappa shape index (κ3) is 5.80. The number of aliphatic carboxylic acids is 1. The molecule has 18 heavy (non-hydrogen) atoms. The van der Waals surface area contributed by atoms with Crippen LogP contribution in [0.1, 0.15) is 34.1 Å². The van der Waals surface area contributed by atoms with Crippen LogP contribution in [0.5, 0.6) is 0 Å². The lowest BCUT2D eigenvalue weighted by molar-refractivity contribution is -0.144. The van der Waals surface area contributed by atoms with Crippen LogP contribution >= 0.6 is 0 Å². The third-order valence-corrected chi connectivity index (χ3v) is 3.25. The predicted molar refractivity (Wildman–Crippen MR) is 72.9 cm³/mol. The Morgan fingerprint density at radius 1 is 1.44 bits per heavy atom. The summed E-state index contributed by atoms with van der Waals surface area (Å²) in [6.45, 7) is 10.8. The van der Waals surface area contributed by atoms with E-state index in [9.17, 15) is 9.90 Å². The Kier molecular flexibility index (Phi) is 8.15. The molecule has 0 aromatic rings. The molecule has 0 aliphatic heterocycles. The molecule has 0 heterocycles. The van der Waals surface area contributed by atoms with Crippen LogP contribution < -0.4 is 5.32 Å². The summed E-state index contributed by atoms with van der Waals surface area (Å²) in [5.74, 6) is -0.792. The SMILES string of the molecule is CCNC(C)(CCN(CCOC)C(C)C)C(=O)O. The van der Waals surface area contributed by atoms with E-state index >= 15 is 0 Å². The molecule has 0 aromatic heterocycles. The summed E-state index contributed by atoms with van der Waals surface area (Å²) in [5.41, 5.74) is -0.852. The van der Waals surface area contributed by atoms with Crippen molar-refractivity contribution in [1.29, 1.82) is 0 Å². The van der Waals surface area contributed by atoms with Gasteiger partial charge in [0, 0.05) is 26.2 Å². The van der Waals surface area contributed by atoms with Crippen molar-refractivity contribution in [3.8, 4) is 0 Å². The second-order valence-corrected chi connectivity index (χ2v) is 5.04. The summed E-state index contributed by atoms with van der Waals surface area (Å²) in [6, 6.07) is 0.389. The smallest absolute Gasteiger partial charge is 0.323 e. The fraction of sp³-hybridized carbons (Fsp3) is 0.923. The highest BCUT2D eigenvalue weighted by molar-refractivity contribution is 5.78. The van der Waals surface area contributed by atoms with E-state index in [0.29, 0.717) is 25.6 Å². The van der Waals surface area contributed by atoms with Gasteiger partial charge in [0.15, 0.2) is 0 Å². The fourth-order valence-corrected chi connectivity index (χ4v) is 1.87. The lowest BCUT2D eigenvalue weighted by Crippen LogP contribution is -2.52. The van der Waals surface area contributed by atoms with Crippen molar-refractivity contribution in [2.45, 2.75) is 45.7 Å². The lowest BCUT2D eigenvalue weighted by Gasteiger charge is -2.31. The van der Waals surface area contributed by atoms with E-state index in [4.69, 9.17) is 4.74 Å². The maximum absolute atomic E-state index is 11.3. The van der Waals surface area contributed by atoms with Gasteiger partial charge >= 0.3 is 5.97 Å². The minimum absolute atomic E-state index is 0.389. The Labute approximate surface area is 110 Å². The molecule has 0 saturated heterocycles. The summed E-state index contributed by atoms with van der Waals surface area (Å²) in [5, 5.41) is 12.3. The Morgan fingerprint density at radius 2 is 2.06 bits per heavy atom. The number of carboxylic acid groups (broad SMARTS) is 1. The van der Waals surface area contributed by atoms with Crippen LogP contribution in [0.25, 0.3) is 0 Å². The van der Waals surface area contributed by atoms with Crippen LogP contribution in [-0.4, -0.2) is 60.9 Å². The molecule has 2 N–H and O–H groups in total. The van der Waals surface area contributed by atoms with Gasteiger partial charge < -0.3 is 15.2 Å². The van der Waals surface area contributed by atoms with Crippen LogP contribution in [-0.2, 0) is 9.53 Å². The highest BCUT2D eigenvalue weighted by Gasteiger charge is 2.32. The summed E-state index contributed by atoms with van der Waals surface area (Å²) in [4.78, 5) is 13.5. The Hall–Kier alpha value is -0.650. The topological polar surface area (TPSA) is 61.8 Å². The summed E-state index contributed by atoms with van der Waals surface area (Å²) in [7, 11) is 1.68. The molecule has 0 aromatic carbocycles. The zero-order valence-corrected chi connectivity index (χ0v) is 12.3. The van der Waals surface area contributed by atoms with Crippen LogP contribution in [0.4, 0.5) is 0 Å². The predicted octanol–water partition coefficient (Wildman–Crippen LogP) is 1.19. The average Bonchev–Trinajstić information content (AvgIpc) is 2.28. The molecule has 1 atom stereocenters. The number of nitrogens with zero attached hydrogens (tertiary/aromatic N) is 1. The van der Waals surface area contributed by atoms with E-state index in [-0.39, 0.29) is 0 Å². The number of carboxylic acids is 1. The molecule has 5 heteroatoms. The van der Waals surface area contributed by atoms with Gasteiger partial charge in [-0.2, -0.15) is 0 Å². The molecular formula is C13H28N2O3. The fourth-order valence-electron chi connectivity index (χ4n) is 1.87. The largest absolute Gasteiger partial charge is 0.480 e. The molecule has 5 nitrogen and oxygen atoms in total. The van der Waals surface area contributed by atoms with Crippen LogP contribution in [0, 0.1) is 0 Å². The van der Waals surface area contributed by atoms with Crippen molar-refractivity contribution in [3.05, 3.63) is 0 Å². The second-order valence-electron chi connectivity index (χ2n) is 5.04. The van der Waals surface area contributed by atoms with Crippen molar-refractivity contribution >= 4 is 5.97 Å². The lowest BCUT2D eigenvalue weighted by atomic mass is 9.97. The number of methoxy groups -OCH3 is 1. The molecule has 0 saturated carbocycles. The van der Waals surface area contributed by atoms with E-state index in [1.165, 1.54) is 0 Å². The van der Waals surface area contributed by atoms with Gasteiger partial charge in [-0.1, -0.05) is 6.92 Å². The van der Waals surface area contributed by atoms with E-state index in [0.717, 1.165) is 13.1 Å². The summed E-state index contributed by atoms with van der Waals surface area (Å²) >= 11 is 0. The van der Waals surface area contributed by atoms with Crippen molar-refractivity contribution < 1.29 is 14.6 Å². The summed E-state index contributed by atoms with van der Waals surface area (Å²) in [6.07, 6.45) is 0.581. The maximum Gasteiger partial charge on any atom is 0.323 e. The standard InChI is InChI=1S/C13H28N2O3/c1-6-14-13(4,12(16)17)7-8-15(11(2)3)9-10-18-5/h11,14H,6-10H2,1-5H3,(H,16,17). The van der Waals surface area contributed by atoms with Crippen molar-refractivity contribution in [2.75, 3.05) is 33.4 Å². The minimum atomic E-state index is -0.852. The number of likely N-dealkylation sites (N-methyl/N-ethyl adjacent to an activating group) is 1. The van der Waals surface area contributed by atoms with Crippen LogP contribution in [0.2, 0.25) is 0 Å². The molecule has 0 rings (SSSR count). The second kappa shape index (κ2) is 8.45. The molecule has 0 aliphatic carbocycles. The maximum atomic E-state index is 11.3. The van der Waals surface area contributed by atoms with Gasteiger partial charge in [-0.25, -0.2) is 0 Å². The quantitative estimate of drug-likeness (QED) is 0.618. The van der Waals surface area contributed by atoms with Crippen LogP contribution in [0.15, 0.2) is 0 Å². The first-order chi connectivity index (χ1) is 8.37. The van der Waals surface area contributed by atoms with E-state index in [1.807, 2.05) is 6.92 Å². The highest BCUT2D eigenvalue weighted by atomic mass is 16.5. The highest BCUT2D eigenvalue weighted by Crippen LogP contribution is 2.12. The average molecular weight is 260 g/mol. The minimum Gasteiger partial charge on any atom is -0.480 e. The molecule has 0 aliphatic rings. The Bertz CT molecular complexity index is 246. The van der Waals surface area contributed by atoms with Gasteiger partial charge in [0.2, 0.25) is 0 Å². The Balaban J connectivity index is 4.41. The molecule has 0 bridgehead atoms. The molecular weight excluding hydrogens is 232 g/mol. The molecule has 0 spiro atoms. The molecule has 0 amide bonds. The number of carbonyl (C=O) groups is 1. The van der Waals surface area contributed by atoms with Crippen molar-refractivity contribution in [2.24, 2.45) is 0 Å².